The van der Waals surface area contributed by atoms with Crippen molar-refractivity contribution in [3.63, 3.8) is 0 Å². The van der Waals surface area contributed by atoms with E-state index >= 15 is 0 Å². The molecule has 0 saturated heterocycles. The predicted molar refractivity (Wildman–Crippen MR) is 87.7 cm³/mol. The van der Waals surface area contributed by atoms with E-state index in [4.69, 9.17) is 0 Å². The molecule has 2 aromatic rings. The summed E-state index contributed by atoms with van der Waals surface area (Å²) in [5, 5.41) is 5.82. The SMILES string of the molecule is Cc1ccc(CC(C)NC(=O)Nc2cccc(C)c2)cc1. The Morgan fingerprint density at radius 3 is 2.43 bits per heavy atom. The third kappa shape index (κ3) is 4.95. The molecule has 0 radical (unpaired) electrons. The molecule has 1 unspecified atom stereocenters. The van der Waals surface area contributed by atoms with Crippen LogP contribution in [0.2, 0.25) is 0 Å². The Morgan fingerprint density at radius 2 is 1.76 bits per heavy atom. The van der Waals surface area contributed by atoms with Gasteiger partial charge in [0.2, 0.25) is 0 Å². The number of anilines is 1. The molecule has 0 aromatic heterocycles. The van der Waals surface area contributed by atoms with E-state index in [1.165, 1.54) is 11.1 Å². The van der Waals surface area contributed by atoms with Crippen molar-refractivity contribution in [2.75, 3.05) is 5.32 Å². The number of hydrogen-bond acceptors (Lipinski definition) is 1. The zero-order valence-electron chi connectivity index (χ0n) is 12.8. The van der Waals surface area contributed by atoms with Crippen molar-refractivity contribution in [3.8, 4) is 0 Å². The van der Waals surface area contributed by atoms with Crippen molar-refractivity contribution in [1.29, 1.82) is 0 Å². The molecule has 0 heterocycles. The highest BCUT2D eigenvalue weighted by atomic mass is 16.2. The molecule has 0 bridgehead atoms. The number of carbonyl (C=O) groups is 1. The van der Waals surface area contributed by atoms with Crippen molar-refractivity contribution >= 4 is 11.7 Å². The van der Waals surface area contributed by atoms with Gasteiger partial charge in [0.05, 0.1) is 0 Å². The van der Waals surface area contributed by atoms with E-state index in [-0.39, 0.29) is 12.1 Å². The fourth-order valence-electron chi connectivity index (χ4n) is 2.24. The van der Waals surface area contributed by atoms with Crippen LogP contribution in [0.1, 0.15) is 23.6 Å². The zero-order valence-corrected chi connectivity index (χ0v) is 12.8. The Labute approximate surface area is 126 Å². The highest BCUT2D eigenvalue weighted by molar-refractivity contribution is 5.89. The molecular formula is C18H22N2O. The van der Waals surface area contributed by atoms with Crippen LogP contribution >= 0.6 is 0 Å². The summed E-state index contributed by atoms with van der Waals surface area (Å²) in [6, 6.07) is 16.1. The first-order valence-corrected chi connectivity index (χ1v) is 7.22. The lowest BCUT2D eigenvalue weighted by Gasteiger charge is -2.15. The molecule has 2 rings (SSSR count). The molecule has 0 fully saturated rings. The van der Waals surface area contributed by atoms with Crippen LogP contribution in [0.4, 0.5) is 10.5 Å². The van der Waals surface area contributed by atoms with Crippen LogP contribution in [0.3, 0.4) is 0 Å². The highest BCUT2D eigenvalue weighted by Crippen LogP contribution is 2.10. The average Bonchev–Trinajstić information content (AvgIpc) is 2.41. The molecular weight excluding hydrogens is 260 g/mol. The summed E-state index contributed by atoms with van der Waals surface area (Å²) in [4.78, 5) is 12.0. The van der Waals surface area contributed by atoms with Gasteiger partial charge in [0.15, 0.2) is 0 Å². The number of hydrogen-bond donors (Lipinski definition) is 2. The van der Waals surface area contributed by atoms with E-state index in [9.17, 15) is 4.79 Å². The average molecular weight is 282 g/mol. The van der Waals surface area contributed by atoms with Gasteiger partial charge in [-0.05, 0) is 50.5 Å². The van der Waals surface area contributed by atoms with Crippen molar-refractivity contribution in [1.82, 2.24) is 5.32 Å². The minimum Gasteiger partial charge on any atom is -0.335 e. The van der Waals surface area contributed by atoms with Crippen molar-refractivity contribution in [2.45, 2.75) is 33.2 Å². The predicted octanol–water partition coefficient (Wildman–Crippen LogP) is 4.06. The van der Waals surface area contributed by atoms with Gasteiger partial charge in [0.1, 0.15) is 0 Å². The molecule has 2 N–H and O–H groups in total. The lowest BCUT2D eigenvalue weighted by atomic mass is 10.1. The zero-order chi connectivity index (χ0) is 15.2. The maximum absolute atomic E-state index is 12.0. The van der Waals surface area contributed by atoms with Crippen molar-refractivity contribution in [3.05, 3.63) is 65.2 Å². The molecule has 21 heavy (non-hydrogen) atoms. The summed E-state index contributed by atoms with van der Waals surface area (Å²) >= 11 is 0. The van der Waals surface area contributed by atoms with Crippen molar-refractivity contribution in [2.24, 2.45) is 0 Å². The topological polar surface area (TPSA) is 41.1 Å². The second kappa shape index (κ2) is 6.93. The number of urea groups is 1. The van der Waals surface area contributed by atoms with Gasteiger partial charge < -0.3 is 10.6 Å². The lowest BCUT2D eigenvalue weighted by molar-refractivity contribution is 0.249. The molecule has 2 aromatic carbocycles. The number of amides is 2. The molecule has 0 spiro atoms. The second-order valence-corrected chi connectivity index (χ2v) is 5.56. The minimum absolute atomic E-state index is 0.0810. The lowest BCUT2D eigenvalue weighted by Crippen LogP contribution is -2.37. The van der Waals surface area contributed by atoms with E-state index in [1.54, 1.807) is 0 Å². The number of aryl methyl sites for hydroxylation is 2. The molecule has 0 aliphatic rings. The highest BCUT2D eigenvalue weighted by Gasteiger charge is 2.08. The summed E-state index contributed by atoms with van der Waals surface area (Å²) in [6.07, 6.45) is 0.821. The first-order chi connectivity index (χ1) is 10.0. The van der Waals surface area contributed by atoms with Gasteiger partial charge >= 0.3 is 6.03 Å². The summed E-state index contributed by atoms with van der Waals surface area (Å²) in [6.45, 7) is 6.08. The monoisotopic (exact) mass is 282 g/mol. The molecule has 2 amide bonds. The Hall–Kier alpha value is -2.29. The van der Waals surface area contributed by atoms with Crippen LogP contribution in [0.15, 0.2) is 48.5 Å². The summed E-state index contributed by atoms with van der Waals surface area (Å²) in [5.74, 6) is 0. The second-order valence-electron chi connectivity index (χ2n) is 5.56. The maximum atomic E-state index is 12.0. The third-order valence-electron chi connectivity index (χ3n) is 3.32. The van der Waals surface area contributed by atoms with E-state index in [0.29, 0.717) is 0 Å². The summed E-state index contributed by atoms with van der Waals surface area (Å²) < 4.78 is 0. The van der Waals surface area contributed by atoms with Gasteiger partial charge in [-0.2, -0.15) is 0 Å². The molecule has 1 atom stereocenters. The van der Waals surface area contributed by atoms with Gasteiger partial charge in [-0.15, -0.1) is 0 Å². The van der Waals surface area contributed by atoms with Crippen LogP contribution in [0.25, 0.3) is 0 Å². The van der Waals surface area contributed by atoms with Crippen LogP contribution < -0.4 is 10.6 Å². The number of nitrogens with one attached hydrogen (secondary N) is 2. The van der Waals surface area contributed by atoms with Crippen molar-refractivity contribution < 1.29 is 4.79 Å². The molecule has 3 nitrogen and oxygen atoms in total. The molecule has 0 saturated carbocycles. The fraction of sp³-hybridized carbons (Fsp3) is 0.278. The number of benzene rings is 2. The first-order valence-electron chi connectivity index (χ1n) is 7.22. The van der Waals surface area contributed by atoms with E-state index in [0.717, 1.165) is 17.7 Å². The largest absolute Gasteiger partial charge is 0.335 e. The summed E-state index contributed by atoms with van der Waals surface area (Å²) in [5.41, 5.74) is 4.41. The Bertz CT molecular complexity index is 605. The van der Waals surface area contributed by atoms with Crippen LogP contribution in [-0.2, 0) is 6.42 Å². The van der Waals surface area contributed by atoms with Gasteiger partial charge in [-0.1, -0.05) is 42.0 Å². The maximum Gasteiger partial charge on any atom is 0.319 e. The molecule has 3 heteroatoms. The Morgan fingerprint density at radius 1 is 1.05 bits per heavy atom. The van der Waals surface area contributed by atoms with E-state index < -0.39 is 0 Å². The van der Waals surface area contributed by atoms with E-state index in [2.05, 4.69) is 41.8 Å². The van der Waals surface area contributed by atoms with Gasteiger partial charge in [0.25, 0.3) is 0 Å². The first kappa shape index (κ1) is 15.1. The third-order valence-corrected chi connectivity index (χ3v) is 3.32. The summed E-state index contributed by atoms with van der Waals surface area (Å²) in [7, 11) is 0. The standard InChI is InChI=1S/C18H22N2O/c1-13-7-9-16(10-8-13)12-15(3)19-18(21)20-17-6-4-5-14(2)11-17/h4-11,15H,12H2,1-3H3,(H2,19,20,21). The Kier molecular flexibility index (Phi) is 4.99. The molecule has 0 aliphatic heterocycles. The smallest absolute Gasteiger partial charge is 0.319 e. The normalized spacial score (nSPS) is 11.8. The van der Waals surface area contributed by atoms with E-state index in [1.807, 2.05) is 38.1 Å². The fourth-order valence-corrected chi connectivity index (χ4v) is 2.24. The van der Waals surface area contributed by atoms with Crippen LogP contribution in [-0.4, -0.2) is 12.1 Å². The minimum atomic E-state index is -0.166. The van der Waals surface area contributed by atoms with Gasteiger partial charge in [-0.3, -0.25) is 0 Å². The number of rotatable bonds is 4. The molecule has 110 valence electrons. The number of carbonyl (C=O) groups excluding carboxylic acids is 1. The van der Waals surface area contributed by atoms with Crippen LogP contribution in [0.5, 0.6) is 0 Å². The quantitative estimate of drug-likeness (QED) is 0.872. The molecule has 0 aliphatic carbocycles. The van der Waals surface area contributed by atoms with Crippen LogP contribution in [0, 0.1) is 13.8 Å². The Balaban J connectivity index is 1.86. The van der Waals surface area contributed by atoms with Gasteiger partial charge in [0, 0.05) is 11.7 Å². The van der Waals surface area contributed by atoms with Gasteiger partial charge in [-0.25, -0.2) is 4.79 Å².